The number of nitrogens with one attached hydrogen (secondary N) is 1. The van der Waals surface area contributed by atoms with Crippen molar-refractivity contribution in [2.45, 2.75) is 25.8 Å². The summed E-state index contributed by atoms with van der Waals surface area (Å²) in [5.74, 6) is 0.416. The van der Waals surface area contributed by atoms with E-state index >= 15 is 0 Å². The highest BCUT2D eigenvalue weighted by Gasteiger charge is 2.30. The highest BCUT2D eigenvalue weighted by molar-refractivity contribution is 5.95. The molecular formula is C22H27N3O2. The van der Waals surface area contributed by atoms with E-state index in [9.17, 15) is 9.59 Å². The van der Waals surface area contributed by atoms with E-state index in [2.05, 4.69) is 36.2 Å². The zero-order chi connectivity index (χ0) is 19.2. The number of amides is 2. The lowest BCUT2D eigenvalue weighted by atomic mass is 10.0. The van der Waals surface area contributed by atoms with Crippen LogP contribution in [0.2, 0.25) is 0 Å². The number of piperazine rings is 1. The van der Waals surface area contributed by atoms with Crippen molar-refractivity contribution >= 4 is 18.0 Å². The average Bonchev–Trinajstić information content (AvgIpc) is 2.70. The minimum atomic E-state index is -0.371. The number of rotatable bonds is 6. The van der Waals surface area contributed by atoms with Crippen LogP contribution in [-0.2, 0) is 9.59 Å². The van der Waals surface area contributed by atoms with Gasteiger partial charge in [0.05, 0.1) is 0 Å². The van der Waals surface area contributed by atoms with Gasteiger partial charge in [-0.25, -0.2) is 0 Å². The Bertz CT molecular complexity index is 751. The van der Waals surface area contributed by atoms with Crippen molar-refractivity contribution in [3.05, 3.63) is 65.7 Å². The van der Waals surface area contributed by atoms with Gasteiger partial charge in [-0.3, -0.25) is 14.5 Å². The molecule has 5 heteroatoms. The van der Waals surface area contributed by atoms with Gasteiger partial charge in [-0.2, -0.15) is 0 Å². The summed E-state index contributed by atoms with van der Waals surface area (Å²) in [4.78, 5) is 28.0. The molecule has 0 saturated carbocycles. The van der Waals surface area contributed by atoms with Crippen LogP contribution in [0.15, 0.2) is 54.6 Å². The number of anilines is 1. The number of benzene rings is 2. The van der Waals surface area contributed by atoms with Crippen molar-refractivity contribution in [1.82, 2.24) is 9.80 Å². The van der Waals surface area contributed by atoms with Crippen LogP contribution in [0.4, 0.5) is 5.69 Å². The van der Waals surface area contributed by atoms with Crippen LogP contribution in [0.5, 0.6) is 0 Å². The Morgan fingerprint density at radius 1 is 0.926 bits per heavy atom. The maximum absolute atomic E-state index is 13.1. The van der Waals surface area contributed by atoms with E-state index in [0.29, 0.717) is 32.1 Å². The fraction of sp³-hybridized carbons (Fsp3) is 0.364. The quantitative estimate of drug-likeness (QED) is 0.800. The molecule has 1 saturated heterocycles. The predicted octanol–water partition coefficient (Wildman–Crippen LogP) is 3.26. The molecule has 1 heterocycles. The molecule has 0 aliphatic carbocycles. The zero-order valence-electron chi connectivity index (χ0n) is 16.0. The van der Waals surface area contributed by atoms with Gasteiger partial charge in [0.2, 0.25) is 12.3 Å². The second-order valence-electron chi connectivity index (χ2n) is 7.26. The standard InChI is InChI=1S/C22H27N3O2/c1-17(2)18-8-10-20(11-9-18)23-22(27)21(19-6-4-3-5-7-19)25-14-12-24(16-26)13-15-25/h3-11,16-17,21H,12-15H2,1-2H3,(H,23,27)/t21-/m1/s1. The van der Waals surface area contributed by atoms with Gasteiger partial charge in [0.1, 0.15) is 6.04 Å². The van der Waals surface area contributed by atoms with Gasteiger partial charge in [0.15, 0.2) is 0 Å². The van der Waals surface area contributed by atoms with Crippen LogP contribution in [0.25, 0.3) is 0 Å². The van der Waals surface area contributed by atoms with E-state index in [1.807, 2.05) is 42.5 Å². The number of hydrogen-bond donors (Lipinski definition) is 1. The summed E-state index contributed by atoms with van der Waals surface area (Å²) in [6.45, 7) is 6.94. The summed E-state index contributed by atoms with van der Waals surface area (Å²) < 4.78 is 0. The average molecular weight is 365 g/mol. The predicted molar refractivity (Wildman–Crippen MR) is 108 cm³/mol. The molecule has 3 rings (SSSR count). The van der Waals surface area contributed by atoms with Crippen LogP contribution < -0.4 is 5.32 Å². The molecule has 0 radical (unpaired) electrons. The topological polar surface area (TPSA) is 52.7 Å². The van der Waals surface area contributed by atoms with E-state index in [4.69, 9.17) is 0 Å². The lowest BCUT2D eigenvalue weighted by molar-refractivity contribution is -0.124. The monoisotopic (exact) mass is 365 g/mol. The van der Waals surface area contributed by atoms with Crippen molar-refractivity contribution in [2.24, 2.45) is 0 Å². The minimum Gasteiger partial charge on any atom is -0.343 e. The van der Waals surface area contributed by atoms with E-state index in [1.54, 1.807) is 4.90 Å². The first-order valence-corrected chi connectivity index (χ1v) is 9.47. The van der Waals surface area contributed by atoms with Crippen LogP contribution in [-0.4, -0.2) is 48.3 Å². The highest BCUT2D eigenvalue weighted by Crippen LogP contribution is 2.25. The lowest BCUT2D eigenvalue weighted by Crippen LogP contribution is -2.49. The third kappa shape index (κ3) is 4.74. The number of hydrogen-bond acceptors (Lipinski definition) is 3. The Morgan fingerprint density at radius 3 is 2.11 bits per heavy atom. The molecule has 27 heavy (non-hydrogen) atoms. The minimum absolute atomic E-state index is 0.0435. The Kier molecular flexibility index (Phi) is 6.24. The van der Waals surface area contributed by atoms with Crippen molar-refractivity contribution in [3.63, 3.8) is 0 Å². The van der Waals surface area contributed by atoms with Crippen LogP contribution in [0, 0.1) is 0 Å². The smallest absolute Gasteiger partial charge is 0.246 e. The molecule has 1 atom stereocenters. The van der Waals surface area contributed by atoms with Gasteiger partial charge in [0, 0.05) is 31.9 Å². The van der Waals surface area contributed by atoms with E-state index in [1.165, 1.54) is 5.56 Å². The summed E-state index contributed by atoms with van der Waals surface area (Å²) in [6, 6.07) is 17.5. The van der Waals surface area contributed by atoms with E-state index in [-0.39, 0.29) is 11.9 Å². The third-order valence-electron chi connectivity index (χ3n) is 5.07. The Balaban J connectivity index is 1.78. The SMILES string of the molecule is CC(C)c1ccc(NC(=O)[C@@H](c2ccccc2)N2CCN(C=O)CC2)cc1. The van der Waals surface area contributed by atoms with E-state index in [0.717, 1.165) is 17.7 Å². The largest absolute Gasteiger partial charge is 0.343 e. The number of carbonyl (C=O) groups excluding carboxylic acids is 2. The van der Waals surface area contributed by atoms with Crippen LogP contribution in [0.3, 0.4) is 0 Å². The first-order chi connectivity index (χ1) is 13.1. The van der Waals surface area contributed by atoms with E-state index < -0.39 is 0 Å². The second kappa shape index (κ2) is 8.82. The maximum Gasteiger partial charge on any atom is 0.246 e. The molecule has 5 nitrogen and oxygen atoms in total. The van der Waals surface area contributed by atoms with Crippen LogP contribution >= 0.6 is 0 Å². The molecule has 1 aliphatic rings. The van der Waals surface area contributed by atoms with Gasteiger partial charge in [0.25, 0.3) is 0 Å². The van der Waals surface area contributed by atoms with Crippen LogP contribution in [0.1, 0.15) is 36.9 Å². The molecule has 142 valence electrons. The Morgan fingerprint density at radius 2 is 1.56 bits per heavy atom. The Labute approximate surface area is 161 Å². The maximum atomic E-state index is 13.1. The van der Waals surface area contributed by atoms with Gasteiger partial charge in [-0.05, 0) is 29.2 Å². The molecule has 1 aliphatic heterocycles. The van der Waals surface area contributed by atoms with Crippen molar-refractivity contribution in [2.75, 3.05) is 31.5 Å². The molecule has 1 N–H and O–H groups in total. The molecule has 2 aromatic rings. The number of nitrogens with zero attached hydrogens (tertiary/aromatic N) is 2. The first-order valence-electron chi connectivity index (χ1n) is 9.47. The molecule has 2 aromatic carbocycles. The summed E-state index contributed by atoms with van der Waals surface area (Å²) >= 11 is 0. The normalized spacial score (nSPS) is 16.2. The fourth-order valence-corrected chi connectivity index (χ4v) is 3.43. The fourth-order valence-electron chi connectivity index (χ4n) is 3.43. The zero-order valence-corrected chi connectivity index (χ0v) is 16.0. The molecule has 0 aromatic heterocycles. The van der Waals surface area contributed by atoms with Gasteiger partial charge in [-0.15, -0.1) is 0 Å². The molecular weight excluding hydrogens is 338 g/mol. The summed E-state index contributed by atoms with van der Waals surface area (Å²) in [5.41, 5.74) is 3.02. The Hall–Kier alpha value is -2.66. The van der Waals surface area contributed by atoms with Crippen molar-refractivity contribution in [1.29, 1.82) is 0 Å². The third-order valence-corrected chi connectivity index (χ3v) is 5.07. The number of carbonyl (C=O) groups is 2. The first kappa shape index (κ1) is 19.1. The second-order valence-corrected chi connectivity index (χ2v) is 7.26. The molecule has 0 unspecified atom stereocenters. The molecule has 0 bridgehead atoms. The van der Waals surface area contributed by atoms with Gasteiger partial charge in [-0.1, -0.05) is 56.3 Å². The van der Waals surface area contributed by atoms with Gasteiger partial charge >= 0.3 is 0 Å². The van der Waals surface area contributed by atoms with Gasteiger partial charge < -0.3 is 10.2 Å². The summed E-state index contributed by atoms with van der Waals surface area (Å²) in [6.07, 6.45) is 0.880. The lowest BCUT2D eigenvalue weighted by Gasteiger charge is -2.37. The summed E-state index contributed by atoms with van der Waals surface area (Å²) in [5, 5.41) is 3.07. The van der Waals surface area contributed by atoms with Crippen molar-refractivity contribution in [3.8, 4) is 0 Å². The molecule has 2 amide bonds. The summed E-state index contributed by atoms with van der Waals surface area (Å²) in [7, 11) is 0. The molecule has 0 spiro atoms. The highest BCUT2D eigenvalue weighted by atomic mass is 16.2. The molecule has 1 fully saturated rings. The van der Waals surface area contributed by atoms with Crippen molar-refractivity contribution < 1.29 is 9.59 Å².